The number of aliphatic hydroxyl groups excluding tert-OH is 1. The predicted octanol–water partition coefficient (Wildman–Crippen LogP) is 2.53. The first-order valence-electron chi connectivity index (χ1n) is 6.91. The van der Waals surface area contributed by atoms with Crippen molar-refractivity contribution in [3.63, 3.8) is 0 Å². The van der Waals surface area contributed by atoms with Crippen LogP contribution < -0.4 is 5.32 Å². The van der Waals surface area contributed by atoms with Gasteiger partial charge in [0.25, 0.3) is 0 Å². The van der Waals surface area contributed by atoms with Crippen molar-refractivity contribution >= 4 is 0 Å². The van der Waals surface area contributed by atoms with Crippen LogP contribution in [0.5, 0.6) is 0 Å². The largest absolute Gasteiger partial charge is 0.395 e. The highest BCUT2D eigenvalue weighted by atomic mass is 16.5. The van der Waals surface area contributed by atoms with Crippen LogP contribution in [-0.4, -0.2) is 24.9 Å². The van der Waals surface area contributed by atoms with Crippen LogP contribution in [0.25, 0.3) is 0 Å². The number of ether oxygens (including phenoxy) is 1. The van der Waals surface area contributed by atoms with Crippen LogP contribution in [-0.2, 0) is 11.3 Å². The van der Waals surface area contributed by atoms with E-state index in [0.717, 1.165) is 0 Å². The van der Waals surface area contributed by atoms with E-state index in [0.29, 0.717) is 19.8 Å². The van der Waals surface area contributed by atoms with Gasteiger partial charge in [0.1, 0.15) is 0 Å². The van der Waals surface area contributed by atoms with Crippen molar-refractivity contribution in [2.75, 3.05) is 19.8 Å². The monoisotopic (exact) mass is 271 g/mol. The molecule has 20 heavy (non-hydrogen) atoms. The Morgan fingerprint density at radius 3 is 2.25 bits per heavy atom. The highest BCUT2D eigenvalue weighted by Crippen LogP contribution is 2.13. The lowest BCUT2D eigenvalue weighted by molar-refractivity contribution is 0.0969. The summed E-state index contributed by atoms with van der Waals surface area (Å²) in [5.41, 5.74) is 2.34. The van der Waals surface area contributed by atoms with Crippen LogP contribution in [0.4, 0.5) is 0 Å². The fraction of sp³-hybridized carbons (Fsp3) is 0.294. The molecule has 2 aromatic carbocycles. The van der Waals surface area contributed by atoms with Crippen molar-refractivity contribution in [2.24, 2.45) is 0 Å². The van der Waals surface area contributed by atoms with Crippen LogP contribution in [0.1, 0.15) is 17.2 Å². The normalized spacial score (nSPS) is 12.2. The van der Waals surface area contributed by atoms with E-state index in [2.05, 4.69) is 29.6 Å². The van der Waals surface area contributed by atoms with E-state index in [4.69, 9.17) is 9.84 Å². The van der Waals surface area contributed by atoms with Gasteiger partial charge in [-0.25, -0.2) is 0 Å². The Labute approximate surface area is 120 Å². The van der Waals surface area contributed by atoms with Gasteiger partial charge < -0.3 is 15.2 Å². The van der Waals surface area contributed by atoms with Crippen LogP contribution >= 0.6 is 0 Å². The zero-order chi connectivity index (χ0) is 14.0. The molecule has 106 valence electrons. The summed E-state index contributed by atoms with van der Waals surface area (Å²) in [6.45, 7) is 1.88. The maximum atomic E-state index is 8.96. The maximum absolute atomic E-state index is 8.96. The van der Waals surface area contributed by atoms with E-state index >= 15 is 0 Å². The maximum Gasteiger partial charge on any atom is 0.0717 e. The summed E-state index contributed by atoms with van der Waals surface area (Å²) in [5.74, 6) is 0. The Hall–Kier alpha value is -1.68. The molecule has 2 N–H and O–H groups in total. The second kappa shape index (κ2) is 8.48. The molecule has 3 nitrogen and oxygen atoms in total. The number of hydrogen-bond acceptors (Lipinski definition) is 3. The van der Waals surface area contributed by atoms with Crippen molar-refractivity contribution in [2.45, 2.75) is 12.6 Å². The molecule has 0 heterocycles. The van der Waals surface area contributed by atoms with E-state index in [9.17, 15) is 0 Å². The molecule has 0 radical (unpaired) electrons. The van der Waals surface area contributed by atoms with Gasteiger partial charge in [-0.05, 0) is 11.1 Å². The fourth-order valence-corrected chi connectivity index (χ4v) is 2.07. The number of benzene rings is 2. The molecular weight excluding hydrogens is 250 g/mol. The molecule has 0 spiro atoms. The third kappa shape index (κ3) is 4.78. The van der Waals surface area contributed by atoms with Crippen molar-refractivity contribution in [1.29, 1.82) is 0 Å². The molecule has 0 bridgehead atoms. The third-order valence-electron chi connectivity index (χ3n) is 3.10. The molecule has 0 aliphatic carbocycles. The van der Waals surface area contributed by atoms with Gasteiger partial charge in [0.15, 0.2) is 0 Å². The highest BCUT2D eigenvalue weighted by Gasteiger charge is 2.10. The average molecular weight is 271 g/mol. The lowest BCUT2D eigenvalue weighted by Crippen LogP contribution is -2.28. The molecule has 0 aliphatic heterocycles. The molecule has 2 rings (SSSR count). The Morgan fingerprint density at radius 2 is 1.60 bits per heavy atom. The molecule has 0 saturated carbocycles. The first-order chi connectivity index (χ1) is 9.90. The Kier molecular flexibility index (Phi) is 6.24. The zero-order valence-electron chi connectivity index (χ0n) is 11.5. The number of rotatable bonds is 8. The summed E-state index contributed by atoms with van der Waals surface area (Å²) < 4.78 is 5.79. The van der Waals surface area contributed by atoms with Crippen LogP contribution in [0, 0.1) is 0 Å². The van der Waals surface area contributed by atoms with Crippen molar-refractivity contribution in [3.05, 3.63) is 71.8 Å². The SMILES string of the molecule is OCCNC(COCc1ccccc1)c1ccccc1. The third-order valence-corrected chi connectivity index (χ3v) is 3.10. The van der Waals surface area contributed by atoms with E-state index in [1.54, 1.807) is 0 Å². The van der Waals surface area contributed by atoms with Crippen molar-refractivity contribution < 1.29 is 9.84 Å². The molecule has 3 heteroatoms. The van der Waals surface area contributed by atoms with Gasteiger partial charge in [0.2, 0.25) is 0 Å². The van der Waals surface area contributed by atoms with Crippen molar-refractivity contribution in [1.82, 2.24) is 5.32 Å². The van der Waals surface area contributed by atoms with Gasteiger partial charge in [-0.3, -0.25) is 0 Å². The fourth-order valence-electron chi connectivity index (χ4n) is 2.07. The number of nitrogens with one attached hydrogen (secondary N) is 1. The lowest BCUT2D eigenvalue weighted by Gasteiger charge is -2.19. The van der Waals surface area contributed by atoms with E-state index < -0.39 is 0 Å². The summed E-state index contributed by atoms with van der Waals surface area (Å²) in [7, 11) is 0. The minimum atomic E-state index is 0.104. The van der Waals surface area contributed by atoms with Gasteiger partial charge in [0, 0.05) is 6.54 Å². The molecule has 0 saturated heterocycles. The summed E-state index contributed by atoms with van der Waals surface area (Å²) in [6, 6.07) is 20.4. The van der Waals surface area contributed by atoms with Gasteiger partial charge in [0.05, 0.1) is 25.9 Å². The highest BCUT2D eigenvalue weighted by molar-refractivity contribution is 5.19. The molecule has 1 atom stereocenters. The number of hydrogen-bond donors (Lipinski definition) is 2. The Morgan fingerprint density at radius 1 is 0.950 bits per heavy atom. The number of aliphatic hydroxyl groups is 1. The van der Waals surface area contributed by atoms with Gasteiger partial charge in [-0.1, -0.05) is 60.7 Å². The van der Waals surface area contributed by atoms with Crippen molar-refractivity contribution in [3.8, 4) is 0 Å². The minimum absolute atomic E-state index is 0.104. The molecule has 0 aromatic heterocycles. The van der Waals surface area contributed by atoms with Gasteiger partial charge in [-0.15, -0.1) is 0 Å². The standard InChI is InChI=1S/C17H21NO2/c19-12-11-18-17(16-9-5-2-6-10-16)14-20-13-15-7-3-1-4-8-15/h1-10,17-19H,11-14H2. The van der Waals surface area contributed by atoms with Gasteiger partial charge >= 0.3 is 0 Å². The van der Waals surface area contributed by atoms with Crippen LogP contribution in [0.3, 0.4) is 0 Å². The molecule has 0 fully saturated rings. The Balaban J connectivity index is 1.88. The Bertz CT molecular complexity index is 473. The molecular formula is C17H21NO2. The second-order valence-electron chi connectivity index (χ2n) is 4.64. The molecule has 2 aromatic rings. The van der Waals surface area contributed by atoms with E-state index in [1.165, 1.54) is 11.1 Å². The average Bonchev–Trinajstić information content (AvgIpc) is 2.52. The quantitative estimate of drug-likeness (QED) is 0.775. The molecule has 1 unspecified atom stereocenters. The predicted molar refractivity (Wildman–Crippen MR) is 80.4 cm³/mol. The lowest BCUT2D eigenvalue weighted by atomic mass is 10.1. The van der Waals surface area contributed by atoms with Gasteiger partial charge in [-0.2, -0.15) is 0 Å². The summed E-state index contributed by atoms with van der Waals surface area (Å²) in [6.07, 6.45) is 0. The minimum Gasteiger partial charge on any atom is -0.395 e. The molecule has 0 aliphatic rings. The summed E-state index contributed by atoms with van der Waals surface area (Å²) in [4.78, 5) is 0. The first-order valence-corrected chi connectivity index (χ1v) is 6.91. The smallest absolute Gasteiger partial charge is 0.0717 e. The van der Waals surface area contributed by atoms with E-state index in [-0.39, 0.29) is 12.6 Å². The zero-order valence-corrected chi connectivity index (χ0v) is 11.5. The first kappa shape index (κ1) is 14.7. The summed E-state index contributed by atoms with van der Waals surface area (Å²) in [5, 5.41) is 12.3. The van der Waals surface area contributed by atoms with E-state index in [1.807, 2.05) is 36.4 Å². The second-order valence-corrected chi connectivity index (χ2v) is 4.64. The topological polar surface area (TPSA) is 41.5 Å². The summed E-state index contributed by atoms with van der Waals surface area (Å²) >= 11 is 0. The van der Waals surface area contributed by atoms with Crippen LogP contribution in [0.15, 0.2) is 60.7 Å². The van der Waals surface area contributed by atoms with Crippen LogP contribution in [0.2, 0.25) is 0 Å². The molecule has 0 amide bonds.